The van der Waals surface area contributed by atoms with Crippen LogP contribution in [0, 0.1) is 0 Å². The molecule has 0 spiro atoms. The fourth-order valence-electron chi connectivity index (χ4n) is 8.60. The van der Waals surface area contributed by atoms with Crippen molar-refractivity contribution in [1.82, 2.24) is 0 Å². The Morgan fingerprint density at radius 1 is 0.372 bits per heavy atom. The van der Waals surface area contributed by atoms with E-state index in [-0.39, 0.29) is 25.9 Å². The molecular weight excluding hydrogens is 1000 g/mol. The van der Waals surface area contributed by atoms with Crippen LogP contribution in [-0.4, -0.2) is 66.5 Å². The summed E-state index contributed by atoms with van der Waals surface area (Å²) in [6, 6.07) is 0. The topological polar surface area (TPSA) is 155 Å². The van der Waals surface area contributed by atoms with Crippen LogP contribution in [-0.2, 0) is 42.2 Å². The molecule has 0 aromatic rings. The van der Waals surface area contributed by atoms with Gasteiger partial charge < -0.3 is 24.2 Å². The van der Waals surface area contributed by atoms with Gasteiger partial charge in [-0.05, 0) is 89.9 Å². The van der Waals surface area contributed by atoms with Gasteiger partial charge in [-0.2, -0.15) is 0 Å². The van der Waals surface area contributed by atoms with Gasteiger partial charge in [0.15, 0.2) is 6.10 Å². The van der Waals surface area contributed by atoms with Crippen molar-refractivity contribution in [3.05, 3.63) is 85.1 Å². The number of ether oxygens (including phenoxy) is 3. The lowest BCUT2D eigenvalue weighted by molar-refractivity contribution is -0.161. The van der Waals surface area contributed by atoms with Gasteiger partial charge in [0.05, 0.1) is 19.8 Å². The highest BCUT2D eigenvalue weighted by Crippen LogP contribution is 2.43. The van der Waals surface area contributed by atoms with Crippen LogP contribution in [0.5, 0.6) is 0 Å². The van der Waals surface area contributed by atoms with Crippen molar-refractivity contribution in [3.63, 3.8) is 0 Å². The summed E-state index contributed by atoms with van der Waals surface area (Å²) in [4.78, 5) is 48.7. The zero-order valence-corrected chi connectivity index (χ0v) is 50.8. The maximum atomic E-state index is 12.9. The Bertz CT molecular complexity index is 1630. The summed E-state index contributed by atoms with van der Waals surface area (Å²) >= 11 is 0. The number of rotatable bonds is 58. The quantitative estimate of drug-likeness (QED) is 0.0197. The molecule has 0 fully saturated rings. The second-order valence-electron chi connectivity index (χ2n) is 20.8. The molecule has 12 heteroatoms. The summed E-state index contributed by atoms with van der Waals surface area (Å²) < 4.78 is 39.6. The number of aliphatic hydroxyl groups is 1. The van der Waals surface area contributed by atoms with Crippen LogP contribution >= 0.6 is 7.82 Å². The van der Waals surface area contributed by atoms with Crippen molar-refractivity contribution in [2.45, 2.75) is 290 Å². The molecule has 2 N–H and O–H groups in total. The molecule has 78 heavy (non-hydrogen) atoms. The Balaban J connectivity index is 4.74. The molecule has 0 saturated carbocycles. The van der Waals surface area contributed by atoms with E-state index in [1.807, 2.05) is 0 Å². The normalized spacial score (nSPS) is 13.9. The minimum Gasteiger partial charge on any atom is -0.462 e. The minimum absolute atomic E-state index is 0.137. The van der Waals surface area contributed by atoms with Gasteiger partial charge in [0.2, 0.25) is 0 Å². The SMILES string of the molecule is CC/C=C\C/C=C\C/C=C\C/C=C\CCCCCCC(=O)OC(COC(=O)CCCCCCCCCCCCCCCCCCCCC)COP(=O)(O)OCC(CO)OC(=O)CCCCCCC/C=C\C/C=C\C/C=C\CC. The summed E-state index contributed by atoms with van der Waals surface area (Å²) in [5.41, 5.74) is 0. The van der Waals surface area contributed by atoms with E-state index in [0.717, 1.165) is 122 Å². The molecule has 0 heterocycles. The molecule has 450 valence electrons. The van der Waals surface area contributed by atoms with Crippen LogP contribution in [0.15, 0.2) is 85.1 Å². The molecule has 11 nitrogen and oxygen atoms in total. The first-order valence-corrected chi connectivity index (χ1v) is 33.0. The predicted molar refractivity (Wildman–Crippen MR) is 325 cm³/mol. The Labute approximate surface area is 477 Å². The largest absolute Gasteiger partial charge is 0.472 e. The highest BCUT2D eigenvalue weighted by molar-refractivity contribution is 7.47. The molecule has 0 aliphatic rings. The van der Waals surface area contributed by atoms with Crippen molar-refractivity contribution < 1.29 is 52.2 Å². The number of unbranched alkanes of at least 4 members (excludes halogenated alkanes) is 27. The maximum Gasteiger partial charge on any atom is 0.472 e. The lowest BCUT2D eigenvalue weighted by atomic mass is 10.0. The Morgan fingerprint density at radius 3 is 1.03 bits per heavy atom. The Kier molecular flexibility index (Phi) is 57.2. The van der Waals surface area contributed by atoms with Crippen LogP contribution in [0.25, 0.3) is 0 Å². The fraction of sp³-hybridized carbons (Fsp3) is 0.742. The number of phosphoric acid groups is 1. The van der Waals surface area contributed by atoms with Gasteiger partial charge >= 0.3 is 25.7 Å². The zero-order chi connectivity index (χ0) is 56.9. The van der Waals surface area contributed by atoms with Gasteiger partial charge in [-0.3, -0.25) is 23.4 Å². The summed E-state index contributed by atoms with van der Waals surface area (Å²) in [6.45, 7) is 4.41. The number of carbonyl (C=O) groups is 3. The van der Waals surface area contributed by atoms with Crippen molar-refractivity contribution >= 4 is 25.7 Å². The third-order valence-electron chi connectivity index (χ3n) is 13.3. The van der Waals surface area contributed by atoms with Crippen LogP contribution in [0.4, 0.5) is 0 Å². The monoisotopic (exact) mass is 1110 g/mol. The number of hydrogen-bond acceptors (Lipinski definition) is 10. The highest BCUT2D eigenvalue weighted by Gasteiger charge is 2.28. The molecule has 0 amide bonds. The third-order valence-corrected chi connectivity index (χ3v) is 14.3. The average Bonchev–Trinajstić information content (AvgIpc) is 3.43. The van der Waals surface area contributed by atoms with Crippen LogP contribution in [0.3, 0.4) is 0 Å². The first kappa shape index (κ1) is 74.7. The molecule has 0 rings (SSSR count). The van der Waals surface area contributed by atoms with E-state index in [1.54, 1.807) is 0 Å². The van der Waals surface area contributed by atoms with Crippen LogP contribution in [0.1, 0.15) is 278 Å². The maximum absolute atomic E-state index is 12.9. The molecule has 0 aliphatic carbocycles. The highest BCUT2D eigenvalue weighted by atomic mass is 31.2. The third kappa shape index (κ3) is 57.3. The molecule has 0 aromatic carbocycles. The van der Waals surface area contributed by atoms with E-state index in [9.17, 15) is 28.9 Å². The van der Waals surface area contributed by atoms with E-state index in [1.165, 1.54) is 96.3 Å². The molecule has 0 saturated heterocycles. The summed E-state index contributed by atoms with van der Waals surface area (Å²) in [6.07, 6.45) is 69.7. The number of carbonyl (C=O) groups excluding carboxylic acids is 3. The summed E-state index contributed by atoms with van der Waals surface area (Å²) in [7, 11) is -4.77. The molecule has 0 aromatic heterocycles. The Hall–Kier alpha value is -3.34. The van der Waals surface area contributed by atoms with E-state index in [4.69, 9.17) is 23.3 Å². The zero-order valence-electron chi connectivity index (χ0n) is 49.9. The van der Waals surface area contributed by atoms with E-state index < -0.39 is 57.8 Å². The lowest BCUT2D eigenvalue weighted by Crippen LogP contribution is -2.30. The van der Waals surface area contributed by atoms with E-state index >= 15 is 0 Å². The van der Waals surface area contributed by atoms with Gasteiger partial charge in [0, 0.05) is 19.3 Å². The number of allylic oxidation sites excluding steroid dienone is 14. The molecule has 3 atom stereocenters. The number of aliphatic hydroxyl groups excluding tert-OH is 1. The standard InChI is InChI=1S/C66H115O11P/c1-4-7-10-13-16-19-22-25-28-30-31-33-35-37-40-43-46-49-52-55-64(68)73-59-63(77-66(70)57-54-51-48-45-42-39-36-32-29-26-23-20-17-14-11-8-5-2)61-75-78(71,72)74-60-62(58-67)76-65(69)56-53-50-47-44-41-38-34-27-24-21-18-15-12-9-6-3/h8-9,11-12,17-18,20-21,26-27,29,34,36,39,62-63,67H,4-7,10,13-16,19,22-25,28,30-33,35,37-38,40-61H2,1-3H3,(H,71,72)/b11-8-,12-9-,20-17-,21-18-,29-26-,34-27-,39-36-. The molecule has 0 bridgehead atoms. The molecular formula is C66H115O11P. The smallest absolute Gasteiger partial charge is 0.462 e. The van der Waals surface area contributed by atoms with Crippen molar-refractivity contribution in [2.75, 3.05) is 26.4 Å². The van der Waals surface area contributed by atoms with Crippen LogP contribution < -0.4 is 0 Å². The first-order valence-electron chi connectivity index (χ1n) is 31.5. The van der Waals surface area contributed by atoms with Gasteiger partial charge in [0.1, 0.15) is 12.7 Å². The Morgan fingerprint density at radius 2 is 0.667 bits per heavy atom. The van der Waals surface area contributed by atoms with Gasteiger partial charge in [-0.25, -0.2) is 4.57 Å². The molecule has 0 radical (unpaired) electrons. The number of esters is 3. The van der Waals surface area contributed by atoms with Crippen molar-refractivity contribution in [3.8, 4) is 0 Å². The van der Waals surface area contributed by atoms with Crippen molar-refractivity contribution in [1.29, 1.82) is 0 Å². The molecule has 0 aliphatic heterocycles. The van der Waals surface area contributed by atoms with Gasteiger partial charge in [0.25, 0.3) is 0 Å². The minimum atomic E-state index is -4.77. The predicted octanol–water partition coefficient (Wildman–Crippen LogP) is 19.0. The average molecular weight is 1120 g/mol. The van der Waals surface area contributed by atoms with Gasteiger partial charge in [-0.1, -0.05) is 254 Å². The second-order valence-corrected chi connectivity index (χ2v) is 22.3. The number of hydrogen-bond donors (Lipinski definition) is 2. The van der Waals surface area contributed by atoms with Crippen molar-refractivity contribution in [2.24, 2.45) is 0 Å². The fourth-order valence-corrected chi connectivity index (χ4v) is 9.38. The van der Waals surface area contributed by atoms with Crippen LogP contribution in [0.2, 0.25) is 0 Å². The van der Waals surface area contributed by atoms with E-state index in [2.05, 4.69) is 106 Å². The van der Waals surface area contributed by atoms with Gasteiger partial charge in [-0.15, -0.1) is 0 Å². The van der Waals surface area contributed by atoms with E-state index in [0.29, 0.717) is 19.3 Å². The number of phosphoric ester groups is 1. The molecule has 3 unspecified atom stereocenters. The second kappa shape index (κ2) is 59.8. The lowest BCUT2D eigenvalue weighted by Gasteiger charge is -2.21. The first-order chi connectivity index (χ1) is 38.2. The summed E-state index contributed by atoms with van der Waals surface area (Å²) in [5.74, 6) is -1.50. The summed E-state index contributed by atoms with van der Waals surface area (Å²) in [5, 5.41) is 9.84.